The summed E-state index contributed by atoms with van der Waals surface area (Å²) < 4.78 is 0. The van der Waals surface area contributed by atoms with Crippen LogP contribution in [0, 0.1) is 13.8 Å². The lowest BCUT2D eigenvalue weighted by Gasteiger charge is -2.14. The van der Waals surface area contributed by atoms with Gasteiger partial charge in [0.25, 0.3) is 0 Å². The van der Waals surface area contributed by atoms with Crippen LogP contribution in [0.2, 0.25) is 0 Å². The second-order valence-electron chi connectivity index (χ2n) is 7.47. The Hall–Kier alpha value is -1.96. The van der Waals surface area contributed by atoms with Crippen LogP contribution in [0.3, 0.4) is 0 Å². The summed E-state index contributed by atoms with van der Waals surface area (Å²) in [5.41, 5.74) is 3.37. The fourth-order valence-electron chi connectivity index (χ4n) is 3.64. The molecule has 0 bridgehead atoms. The first-order valence-corrected chi connectivity index (χ1v) is 11.8. The standard InChI is InChI=1S/C22H26N4OS2/c1-15-16(2)29-22-20(15)21(23-14-24-22)28-13-19(27)25-18-7-5-17(6-8-18)9-12-26-10-3-4-11-26/h5-8,14H,3-4,9-13H2,1-2H3,(H,25,27). The van der Waals surface area contributed by atoms with Gasteiger partial charge in [0.1, 0.15) is 16.2 Å². The van der Waals surface area contributed by atoms with Gasteiger partial charge in [0.15, 0.2) is 0 Å². The van der Waals surface area contributed by atoms with Crippen molar-refractivity contribution in [2.75, 3.05) is 30.7 Å². The fourth-order valence-corrected chi connectivity index (χ4v) is 5.56. The maximum atomic E-state index is 12.4. The minimum Gasteiger partial charge on any atom is -0.325 e. The number of thioether (sulfide) groups is 1. The van der Waals surface area contributed by atoms with E-state index in [-0.39, 0.29) is 5.91 Å². The Balaban J connectivity index is 1.31. The fraction of sp³-hybridized carbons (Fsp3) is 0.409. The van der Waals surface area contributed by atoms with Crippen LogP contribution in [-0.2, 0) is 11.2 Å². The summed E-state index contributed by atoms with van der Waals surface area (Å²) in [6.07, 6.45) is 5.30. The molecular formula is C22H26N4OS2. The Morgan fingerprint density at radius 1 is 1.17 bits per heavy atom. The normalized spacial score (nSPS) is 14.6. The summed E-state index contributed by atoms with van der Waals surface area (Å²) in [7, 11) is 0. The van der Waals surface area contributed by atoms with Crippen LogP contribution < -0.4 is 5.32 Å². The molecule has 0 saturated carbocycles. The first kappa shape index (κ1) is 20.3. The molecule has 4 rings (SSSR count). The zero-order valence-corrected chi connectivity index (χ0v) is 18.5. The number of carbonyl (C=O) groups is 1. The molecule has 0 unspecified atom stereocenters. The number of thiophene rings is 1. The number of amides is 1. The molecule has 3 heterocycles. The summed E-state index contributed by atoms with van der Waals surface area (Å²) in [5.74, 6) is 0.313. The van der Waals surface area contributed by atoms with Crippen molar-refractivity contribution in [2.45, 2.75) is 38.1 Å². The number of likely N-dealkylation sites (tertiary alicyclic amines) is 1. The van der Waals surface area contributed by atoms with Gasteiger partial charge in [-0.05, 0) is 69.5 Å². The average Bonchev–Trinajstić information content (AvgIpc) is 3.34. The van der Waals surface area contributed by atoms with Crippen molar-refractivity contribution in [3.05, 3.63) is 46.6 Å². The third-order valence-electron chi connectivity index (χ3n) is 5.42. The summed E-state index contributed by atoms with van der Waals surface area (Å²) in [4.78, 5) is 25.9. The number of nitrogens with one attached hydrogen (secondary N) is 1. The van der Waals surface area contributed by atoms with Gasteiger partial charge in [-0.15, -0.1) is 11.3 Å². The second-order valence-corrected chi connectivity index (χ2v) is 9.64. The van der Waals surface area contributed by atoms with Gasteiger partial charge in [0.05, 0.1) is 5.75 Å². The quantitative estimate of drug-likeness (QED) is 0.439. The van der Waals surface area contributed by atoms with Gasteiger partial charge in [0, 0.05) is 22.5 Å². The molecule has 5 nitrogen and oxygen atoms in total. The molecular weight excluding hydrogens is 400 g/mol. The molecule has 152 valence electrons. The van der Waals surface area contributed by atoms with Crippen molar-refractivity contribution in [2.24, 2.45) is 0 Å². The van der Waals surface area contributed by atoms with Crippen molar-refractivity contribution in [3.63, 3.8) is 0 Å². The molecule has 0 atom stereocenters. The number of aromatic nitrogens is 2. The lowest BCUT2D eigenvalue weighted by atomic mass is 10.1. The van der Waals surface area contributed by atoms with Crippen LogP contribution in [0.1, 0.15) is 28.8 Å². The Bertz CT molecular complexity index is 994. The third kappa shape index (κ3) is 4.97. The number of rotatable bonds is 7. The molecule has 0 aliphatic carbocycles. The molecule has 1 aliphatic rings. The van der Waals surface area contributed by atoms with E-state index in [4.69, 9.17) is 0 Å². The lowest BCUT2D eigenvalue weighted by molar-refractivity contribution is -0.113. The van der Waals surface area contributed by atoms with Crippen molar-refractivity contribution in [1.82, 2.24) is 14.9 Å². The number of hydrogen-bond donors (Lipinski definition) is 1. The van der Waals surface area contributed by atoms with Gasteiger partial charge in [0.2, 0.25) is 5.91 Å². The molecule has 29 heavy (non-hydrogen) atoms. The largest absolute Gasteiger partial charge is 0.325 e. The number of benzene rings is 1. The smallest absolute Gasteiger partial charge is 0.234 e. The Kier molecular flexibility index (Phi) is 6.47. The highest BCUT2D eigenvalue weighted by molar-refractivity contribution is 8.00. The van der Waals surface area contributed by atoms with E-state index < -0.39 is 0 Å². The molecule has 0 spiro atoms. The number of nitrogens with zero attached hydrogens (tertiary/aromatic N) is 3. The number of hydrogen-bond acceptors (Lipinski definition) is 6. The maximum Gasteiger partial charge on any atom is 0.234 e. The minimum absolute atomic E-state index is 0.0174. The molecule has 1 amide bonds. The van der Waals surface area contributed by atoms with Crippen LogP contribution in [0.5, 0.6) is 0 Å². The van der Waals surface area contributed by atoms with Crippen LogP contribution in [-0.4, -0.2) is 46.2 Å². The average molecular weight is 427 g/mol. The third-order valence-corrected chi connectivity index (χ3v) is 7.53. The second kappa shape index (κ2) is 9.24. The first-order chi connectivity index (χ1) is 14.1. The van der Waals surface area contributed by atoms with Gasteiger partial charge in [-0.3, -0.25) is 4.79 Å². The number of fused-ring (bicyclic) bond motifs is 1. The van der Waals surface area contributed by atoms with Gasteiger partial charge in [-0.25, -0.2) is 9.97 Å². The monoisotopic (exact) mass is 426 g/mol. The summed E-state index contributed by atoms with van der Waals surface area (Å²) >= 11 is 3.14. The first-order valence-electron chi connectivity index (χ1n) is 10.0. The molecule has 7 heteroatoms. The maximum absolute atomic E-state index is 12.4. The van der Waals surface area contributed by atoms with Crippen molar-refractivity contribution < 1.29 is 4.79 Å². The van der Waals surface area contributed by atoms with Gasteiger partial charge in [-0.1, -0.05) is 23.9 Å². The predicted molar refractivity (Wildman–Crippen MR) is 122 cm³/mol. The topological polar surface area (TPSA) is 58.1 Å². The van der Waals surface area contributed by atoms with E-state index in [1.165, 1.54) is 53.7 Å². The zero-order valence-electron chi connectivity index (χ0n) is 16.9. The summed E-state index contributed by atoms with van der Waals surface area (Å²) in [6.45, 7) is 7.77. The highest BCUT2D eigenvalue weighted by Crippen LogP contribution is 2.34. The molecule has 1 N–H and O–H groups in total. The molecule has 1 aromatic carbocycles. The van der Waals surface area contributed by atoms with E-state index in [1.54, 1.807) is 17.7 Å². The van der Waals surface area contributed by atoms with Gasteiger partial charge >= 0.3 is 0 Å². The van der Waals surface area contributed by atoms with E-state index in [9.17, 15) is 4.79 Å². The lowest BCUT2D eigenvalue weighted by Crippen LogP contribution is -2.21. The van der Waals surface area contributed by atoms with E-state index in [0.29, 0.717) is 5.75 Å². The highest BCUT2D eigenvalue weighted by Gasteiger charge is 2.14. The molecule has 1 fully saturated rings. The van der Waals surface area contributed by atoms with Gasteiger partial charge < -0.3 is 10.2 Å². The van der Waals surface area contributed by atoms with Crippen LogP contribution in [0.25, 0.3) is 10.2 Å². The van der Waals surface area contributed by atoms with Crippen LogP contribution in [0.4, 0.5) is 5.69 Å². The molecule has 0 radical (unpaired) electrons. The minimum atomic E-state index is -0.0174. The number of anilines is 1. The van der Waals surface area contributed by atoms with Crippen molar-refractivity contribution >= 4 is 44.9 Å². The Morgan fingerprint density at radius 3 is 2.69 bits per heavy atom. The van der Waals surface area contributed by atoms with Crippen molar-refractivity contribution in [3.8, 4) is 0 Å². The SMILES string of the molecule is Cc1sc2ncnc(SCC(=O)Nc3ccc(CCN4CCCC4)cc3)c2c1C. The number of carbonyl (C=O) groups excluding carboxylic acids is 1. The summed E-state index contributed by atoms with van der Waals surface area (Å²) in [5, 5.41) is 4.95. The van der Waals surface area contributed by atoms with Crippen molar-refractivity contribution in [1.29, 1.82) is 0 Å². The van der Waals surface area contributed by atoms with Crippen LogP contribution in [0.15, 0.2) is 35.6 Å². The highest BCUT2D eigenvalue weighted by atomic mass is 32.2. The van der Waals surface area contributed by atoms with Gasteiger partial charge in [-0.2, -0.15) is 0 Å². The van der Waals surface area contributed by atoms with E-state index >= 15 is 0 Å². The molecule has 2 aromatic heterocycles. The van der Waals surface area contributed by atoms with E-state index in [2.05, 4.69) is 46.2 Å². The van der Waals surface area contributed by atoms with E-state index in [1.807, 2.05) is 12.1 Å². The Labute approximate surface area is 179 Å². The Morgan fingerprint density at radius 2 is 1.93 bits per heavy atom. The zero-order chi connectivity index (χ0) is 20.2. The number of aryl methyl sites for hydroxylation is 2. The van der Waals surface area contributed by atoms with Crippen LogP contribution >= 0.6 is 23.1 Å². The molecule has 1 saturated heterocycles. The summed E-state index contributed by atoms with van der Waals surface area (Å²) in [6, 6.07) is 8.23. The van der Waals surface area contributed by atoms with E-state index in [0.717, 1.165) is 33.9 Å². The predicted octanol–water partition coefficient (Wildman–Crippen LogP) is 4.68. The molecule has 1 aliphatic heterocycles. The molecule has 3 aromatic rings.